The van der Waals surface area contributed by atoms with Crippen LogP contribution in [0.15, 0.2) is 48.5 Å². The van der Waals surface area contributed by atoms with Crippen LogP contribution in [0.25, 0.3) is 28.5 Å². The molecule has 0 unspecified atom stereocenters. The first-order valence-corrected chi connectivity index (χ1v) is 11.2. The minimum atomic E-state index is -0.177. The summed E-state index contributed by atoms with van der Waals surface area (Å²) >= 11 is 0. The van der Waals surface area contributed by atoms with Gasteiger partial charge in [-0.05, 0) is 56.7 Å². The molecule has 3 aliphatic heterocycles. The number of nitrogens with one attached hydrogen (secondary N) is 1. The van der Waals surface area contributed by atoms with Gasteiger partial charge in [-0.3, -0.25) is 0 Å². The molecule has 0 spiro atoms. The van der Waals surface area contributed by atoms with Crippen LogP contribution in [0.2, 0.25) is 0 Å². The van der Waals surface area contributed by atoms with Gasteiger partial charge in [0.1, 0.15) is 11.5 Å². The number of hydrogen-bond acceptors (Lipinski definition) is 6. The van der Waals surface area contributed by atoms with Crippen molar-refractivity contribution in [1.29, 1.82) is 0 Å². The van der Waals surface area contributed by atoms with E-state index in [0.717, 1.165) is 39.1 Å². The van der Waals surface area contributed by atoms with E-state index in [1.54, 1.807) is 19.2 Å². The summed E-state index contributed by atoms with van der Waals surface area (Å²) in [7, 11) is 1.55. The van der Waals surface area contributed by atoms with Gasteiger partial charge in [0.05, 0.1) is 18.2 Å². The molecule has 0 atom stereocenters. The van der Waals surface area contributed by atoms with Gasteiger partial charge in [-0.1, -0.05) is 24.3 Å². The Morgan fingerprint density at radius 3 is 2.68 bits per heavy atom. The highest BCUT2D eigenvalue weighted by Gasteiger charge is 2.33. The van der Waals surface area contributed by atoms with Crippen molar-refractivity contribution in [3.05, 3.63) is 65.2 Å². The van der Waals surface area contributed by atoms with Crippen molar-refractivity contribution in [1.82, 2.24) is 0 Å². The molecule has 0 saturated carbocycles. The summed E-state index contributed by atoms with van der Waals surface area (Å²) in [6, 6.07) is 13.3. The molecule has 3 aromatic carbocycles. The van der Waals surface area contributed by atoms with Crippen LogP contribution in [0, 0.1) is 0 Å². The highest BCUT2D eigenvalue weighted by Crippen LogP contribution is 2.54. The van der Waals surface area contributed by atoms with Crippen molar-refractivity contribution in [2.45, 2.75) is 26.3 Å². The van der Waals surface area contributed by atoms with Gasteiger partial charge >= 0.3 is 0 Å². The van der Waals surface area contributed by atoms with Crippen LogP contribution >= 0.6 is 0 Å². The fraction of sp³-hybridized carbons (Fsp3) is 0.214. The van der Waals surface area contributed by atoms with Gasteiger partial charge in [0.2, 0.25) is 6.79 Å². The number of benzene rings is 3. The molecule has 172 valence electrons. The van der Waals surface area contributed by atoms with Crippen LogP contribution in [0.1, 0.15) is 37.5 Å². The van der Waals surface area contributed by atoms with E-state index < -0.39 is 0 Å². The van der Waals surface area contributed by atoms with Crippen LogP contribution in [0.3, 0.4) is 0 Å². The molecule has 0 aliphatic carbocycles. The Kier molecular flexibility index (Phi) is 4.36. The Balaban J connectivity index is 1.66. The van der Waals surface area contributed by atoms with Crippen LogP contribution in [-0.4, -0.2) is 24.5 Å². The smallest absolute Gasteiger partial charge is 0.231 e. The van der Waals surface area contributed by atoms with Crippen molar-refractivity contribution >= 4 is 23.1 Å². The van der Waals surface area contributed by atoms with Gasteiger partial charge in [-0.15, -0.1) is 0 Å². The van der Waals surface area contributed by atoms with Gasteiger partial charge < -0.3 is 29.4 Å². The molecule has 0 fully saturated rings. The summed E-state index contributed by atoms with van der Waals surface area (Å²) in [6.45, 7) is 6.61. The highest BCUT2D eigenvalue weighted by molar-refractivity contribution is 6.02. The number of rotatable bonds is 2. The lowest BCUT2D eigenvalue weighted by molar-refractivity contribution is 0.173. The lowest BCUT2D eigenvalue weighted by Gasteiger charge is -2.35. The maximum absolute atomic E-state index is 10.5. The number of fused-ring (bicyclic) bond motifs is 6. The first-order valence-electron chi connectivity index (χ1n) is 11.2. The summed E-state index contributed by atoms with van der Waals surface area (Å²) in [5.74, 6) is 3.17. The fourth-order valence-corrected chi connectivity index (χ4v) is 5.16. The fourth-order valence-electron chi connectivity index (χ4n) is 5.16. The number of ether oxygens (including phenoxy) is 4. The van der Waals surface area contributed by atoms with Crippen LogP contribution in [-0.2, 0) is 0 Å². The van der Waals surface area contributed by atoms with Gasteiger partial charge in [0.25, 0.3) is 0 Å². The second kappa shape index (κ2) is 7.22. The third kappa shape index (κ3) is 3.02. The van der Waals surface area contributed by atoms with Crippen LogP contribution < -0.4 is 24.3 Å². The maximum Gasteiger partial charge on any atom is 0.231 e. The molecular formula is C28H25NO5. The summed E-state index contributed by atoms with van der Waals surface area (Å²) in [5.41, 5.74) is 6.51. The molecule has 34 heavy (non-hydrogen) atoms. The zero-order valence-corrected chi connectivity index (χ0v) is 19.5. The Morgan fingerprint density at radius 1 is 1.00 bits per heavy atom. The lowest BCUT2D eigenvalue weighted by atomic mass is 9.82. The lowest BCUT2D eigenvalue weighted by Crippen LogP contribution is -2.32. The minimum absolute atomic E-state index is 0.0684. The predicted molar refractivity (Wildman–Crippen MR) is 133 cm³/mol. The standard InChI is InChI=1S/C28H25NO5/c1-15-13-28(2,3)29-18-9-8-17-24(23(15)18)22(12-16-6-5-7-21-26(16)33-14-32-21)34-20-11-10-19(30)27(31-4)25(17)20/h5-13,29-30H,14H2,1-4H3. The molecule has 2 N–H and O–H groups in total. The number of hydrogen-bond donors (Lipinski definition) is 2. The zero-order valence-electron chi connectivity index (χ0n) is 19.5. The highest BCUT2D eigenvalue weighted by atomic mass is 16.7. The largest absolute Gasteiger partial charge is 0.504 e. The maximum atomic E-state index is 10.5. The van der Waals surface area contributed by atoms with Crippen molar-refractivity contribution in [3.8, 4) is 39.9 Å². The molecule has 3 aromatic rings. The average molecular weight is 456 g/mol. The molecule has 6 rings (SSSR count). The van der Waals surface area contributed by atoms with E-state index >= 15 is 0 Å². The van der Waals surface area contributed by atoms with Gasteiger partial charge in [-0.25, -0.2) is 0 Å². The zero-order chi connectivity index (χ0) is 23.6. The van der Waals surface area contributed by atoms with Gasteiger partial charge in [0.15, 0.2) is 23.0 Å². The molecule has 0 saturated heterocycles. The number of para-hydroxylation sites is 1. The molecule has 0 bridgehead atoms. The number of phenols is 1. The molecule has 3 heterocycles. The second-order valence-electron chi connectivity index (χ2n) is 9.27. The molecule has 0 radical (unpaired) electrons. The Labute approximate surface area is 198 Å². The van der Waals surface area contributed by atoms with E-state index in [4.69, 9.17) is 18.9 Å². The van der Waals surface area contributed by atoms with Crippen LogP contribution in [0.4, 0.5) is 5.69 Å². The molecule has 6 nitrogen and oxygen atoms in total. The van der Waals surface area contributed by atoms with E-state index in [9.17, 15) is 5.11 Å². The molecule has 0 amide bonds. The van der Waals surface area contributed by atoms with Crippen molar-refractivity contribution in [3.63, 3.8) is 0 Å². The van der Waals surface area contributed by atoms with E-state index in [0.29, 0.717) is 28.8 Å². The molecule has 0 aromatic heterocycles. The summed E-state index contributed by atoms with van der Waals surface area (Å²) in [4.78, 5) is 0. The SMILES string of the molecule is COc1c(O)ccc2c1-c1ccc3c(c1C(=Cc1cccc4c1OCO4)O2)C(C)=CC(C)(C)N3. The molecule has 3 aliphatic rings. The molecular weight excluding hydrogens is 430 g/mol. The van der Waals surface area contributed by atoms with E-state index in [1.165, 1.54) is 0 Å². The number of phenolic OH excluding ortho intramolecular Hbond substituents is 1. The van der Waals surface area contributed by atoms with Gasteiger partial charge in [-0.2, -0.15) is 0 Å². The third-order valence-corrected chi connectivity index (χ3v) is 6.39. The monoisotopic (exact) mass is 455 g/mol. The van der Waals surface area contributed by atoms with Crippen molar-refractivity contribution in [2.75, 3.05) is 19.2 Å². The number of aromatic hydroxyl groups is 1. The van der Waals surface area contributed by atoms with Gasteiger partial charge in [0, 0.05) is 27.9 Å². The van der Waals surface area contributed by atoms with E-state index in [-0.39, 0.29) is 18.1 Å². The number of methoxy groups -OCH3 is 1. The van der Waals surface area contributed by atoms with Crippen molar-refractivity contribution < 1.29 is 24.1 Å². The Hall–Kier alpha value is -4.06. The summed E-state index contributed by atoms with van der Waals surface area (Å²) in [5, 5.41) is 14.1. The van der Waals surface area contributed by atoms with Crippen molar-refractivity contribution in [2.24, 2.45) is 0 Å². The molecule has 6 heteroatoms. The van der Waals surface area contributed by atoms with E-state index in [2.05, 4.69) is 44.3 Å². The number of allylic oxidation sites excluding steroid dienone is 1. The average Bonchev–Trinajstić information content (AvgIpc) is 3.28. The van der Waals surface area contributed by atoms with E-state index in [1.807, 2.05) is 24.3 Å². The van der Waals surface area contributed by atoms with Crippen LogP contribution in [0.5, 0.6) is 28.7 Å². The Bertz CT molecular complexity index is 1420. The third-order valence-electron chi connectivity index (χ3n) is 6.39. The normalized spacial score (nSPS) is 17.6. The first kappa shape index (κ1) is 20.5. The summed E-state index contributed by atoms with van der Waals surface area (Å²) < 4.78 is 23.4. The second-order valence-corrected chi connectivity index (χ2v) is 9.27. The number of anilines is 1. The topological polar surface area (TPSA) is 69.2 Å². The summed E-state index contributed by atoms with van der Waals surface area (Å²) in [6.07, 6.45) is 4.21. The minimum Gasteiger partial charge on any atom is -0.504 e. The Morgan fingerprint density at radius 2 is 1.85 bits per heavy atom. The quantitative estimate of drug-likeness (QED) is 0.473. The predicted octanol–water partition coefficient (Wildman–Crippen LogP) is 6.29. The first-order chi connectivity index (χ1) is 16.4.